The van der Waals surface area contributed by atoms with Gasteiger partial charge in [-0.1, -0.05) is 45.7 Å². The van der Waals surface area contributed by atoms with E-state index < -0.39 is 5.97 Å². The van der Waals surface area contributed by atoms with Gasteiger partial charge in [-0.15, -0.1) is 0 Å². The van der Waals surface area contributed by atoms with Crippen molar-refractivity contribution < 1.29 is 19.4 Å². The number of benzene rings is 3. The van der Waals surface area contributed by atoms with Gasteiger partial charge in [0.15, 0.2) is 5.17 Å². The first-order chi connectivity index (χ1) is 16.3. The molecule has 1 aliphatic rings. The molecule has 0 aromatic heterocycles. The Morgan fingerprint density at radius 2 is 1.91 bits per heavy atom. The number of aromatic carboxylic acids is 1. The molecule has 0 saturated carbocycles. The van der Waals surface area contributed by atoms with Crippen LogP contribution in [0, 0.1) is 0 Å². The molecule has 172 valence electrons. The number of aliphatic imine (C=N–C) groups is 1. The van der Waals surface area contributed by atoms with E-state index in [0.717, 1.165) is 15.6 Å². The molecular weight excluding hydrogens is 540 g/mol. The fourth-order valence-corrected chi connectivity index (χ4v) is 4.66. The van der Waals surface area contributed by atoms with Crippen LogP contribution in [-0.4, -0.2) is 34.1 Å². The van der Waals surface area contributed by atoms with Crippen LogP contribution in [-0.2, 0) is 11.4 Å². The topological polar surface area (TPSA) is 79.2 Å². The van der Waals surface area contributed by atoms with E-state index in [1.54, 1.807) is 25.3 Å². The molecule has 9 heteroatoms. The van der Waals surface area contributed by atoms with Gasteiger partial charge < -0.3 is 9.84 Å². The van der Waals surface area contributed by atoms with Crippen molar-refractivity contribution >= 4 is 68.1 Å². The summed E-state index contributed by atoms with van der Waals surface area (Å²) in [4.78, 5) is 30.4. The number of hydrogen-bond donors (Lipinski definition) is 1. The first kappa shape index (κ1) is 24.1. The first-order valence-corrected chi connectivity index (χ1v) is 12.1. The Labute approximate surface area is 214 Å². The molecule has 1 fully saturated rings. The molecule has 0 aliphatic carbocycles. The normalized spacial score (nSPS) is 15.9. The summed E-state index contributed by atoms with van der Waals surface area (Å²) in [7, 11) is 1.65. The van der Waals surface area contributed by atoms with Crippen LogP contribution in [0.5, 0.6) is 5.75 Å². The highest BCUT2D eigenvalue weighted by molar-refractivity contribution is 9.10. The average molecular weight is 558 g/mol. The Morgan fingerprint density at radius 3 is 2.62 bits per heavy atom. The largest absolute Gasteiger partial charge is 0.488 e. The van der Waals surface area contributed by atoms with E-state index in [4.69, 9.17) is 21.4 Å². The third kappa shape index (κ3) is 5.52. The number of carbonyl (C=O) groups is 2. The van der Waals surface area contributed by atoms with Crippen LogP contribution in [0.2, 0.25) is 5.02 Å². The number of hydrogen-bond acceptors (Lipinski definition) is 5. The SMILES string of the molecule is CN1C(=O)/C(=C/c2cc(Br)ccc2OCc2ccccc2Cl)SC1=Nc1ccc(C(=O)O)cc1. The number of amidine groups is 1. The lowest BCUT2D eigenvalue weighted by Crippen LogP contribution is -2.23. The van der Waals surface area contributed by atoms with Crippen molar-refractivity contribution in [2.45, 2.75) is 6.61 Å². The molecule has 0 bridgehead atoms. The van der Waals surface area contributed by atoms with Gasteiger partial charge in [0.05, 0.1) is 16.2 Å². The van der Waals surface area contributed by atoms with Gasteiger partial charge >= 0.3 is 5.97 Å². The molecule has 1 aliphatic heterocycles. The summed E-state index contributed by atoms with van der Waals surface area (Å²) in [6.07, 6.45) is 1.77. The summed E-state index contributed by atoms with van der Waals surface area (Å²) in [6.45, 7) is 0.289. The van der Waals surface area contributed by atoms with Crippen LogP contribution in [0.15, 0.2) is 81.1 Å². The molecule has 34 heavy (non-hydrogen) atoms. The Hall–Kier alpha value is -3.07. The minimum Gasteiger partial charge on any atom is -0.488 e. The van der Waals surface area contributed by atoms with E-state index in [-0.39, 0.29) is 18.1 Å². The van der Waals surface area contributed by atoms with Crippen molar-refractivity contribution in [2.24, 2.45) is 4.99 Å². The molecule has 0 unspecified atom stereocenters. The fraction of sp³-hybridized carbons (Fsp3) is 0.0800. The quantitative estimate of drug-likeness (QED) is 0.345. The number of nitrogens with zero attached hydrogens (tertiary/aromatic N) is 2. The number of carbonyl (C=O) groups excluding carboxylic acids is 1. The highest BCUT2D eigenvalue weighted by Crippen LogP contribution is 2.36. The van der Waals surface area contributed by atoms with E-state index in [0.29, 0.717) is 26.5 Å². The second-order valence-corrected chi connectivity index (χ2v) is 9.62. The maximum atomic E-state index is 12.9. The molecular formula is C25H18BrClN2O4S. The maximum absolute atomic E-state index is 12.9. The highest BCUT2D eigenvalue weighted by atomic mass is 79.9. The smallest absolute Gasteiger partial charge is 0.335 e. The van der Waals surface area contributed by atoms with Crippen LogP contribution >= 0.6 is 39.3 Å². The Bertz CT molecular complexity index is 1320. The predicted octanol–water partition coefficient (Wildman–Crippen LogP) is 6.61. The van der Waals surface area contributed by atoms with Gasteiger partial charge in [0, 0.05) is 27.7 Å². The fourth-order valence-electron chi connectivity index (χ4n) is 3.12. The second kappa shape index (κ2) is 10.5. The lowest BCUT2D eigenvalue weighted by molar-refractivity contribution is -0.121. The average Bonchev–Trinajstić information content (AvgIpc) is 3.07. The van der Waals surface area contributed by atoms with Crippen LogP contribution in [0.25, 0.3) is 6.08 Å². The van der Waals surface area contributed by atoms with Crippen molar-refractivity contribution in [3.05, 3.63) is 97.8 Å². The summed E-state index contributed by atoms with van der Waals surface area (Å²) < 4.78 is 6.87. The summed E-state index contributed by atoms with van der Waals surface area (Å²) in [5, 5.41) is 10.2. The van der Waals surface area contributed by atoms with Gasteiger partial charge in [0.1, 0.15) is 12.4 Å². The Morgan fingerprint density at radius 1 is 1.18 bits per heavy atom. The summed E-state index contributed by atoms with van der Waals surface area (Å²) in [6, 6.07) is 19.2. The van der Waals surface area contributed by atoms with Gasteiger partial charge in [-0.3, -0.25) is 9.69 Å². The minimum atomic E-state index is -1.01. The van der Waals surface area contributed by atoms with Crippen LogP contribution in [0.4, 0.5) is 5.69 Å². The van der Waals surface area contributed by atoms with E-state index in [1.807, 2.05) is 42.5 Å². The van der Waals surface area contributed by atoms with Crippen LogP contribution in [0.1, 0.15) is 21.5 Å². The molecule has 1 heterocycles. The number of rotatable bonds is 6. The van der Waals surface area contributed by atoms with Crippen molar-refractivity contribution in [3.8, 4) is 5.75 Å². The van der Waals surface area contributed by atoms with Gasteiger partial charge in [0.25, 0.3) is 5.91 Å². The zero-order chi connectivity index (χ0) is 24.2. The molecule has 6 nitrogen and oxygen atoms in total. The molecule has 1 saturated heterocycles. The van der Waals surface area contributed by atoms with Gasteiger partial charge in [-0.05, 0) is 66.4 Å². The third-order valence-electron chi connectivity index (χ3n) is 4.94. The maximum Gasteiger partial charge on any atom is 0.335 e. The van der Waals surface area contributed by atoms with Gasteiger partial charge in [-0.25, -0.2) is 9.79 Å². The Balaban J connectivity index is 1.58. The molecule has 1 N–H and O–H groups in total. The van der Waals surface area contributed by atoms with E-state index >= 15 is 0 Å². The summed E-state index contributed by atoms with van der Waals surface area (Å²) in [5.74, 6) is -0.585. The highest BCUT2D eigenvalue weighted by Gasteiger charge is 2.30. The summed E-state index contributed by atoms with van der Waals surface area (Å²) >= 11 is 11.0. The lowest BCUT2D eigenvalue weighted by atomic mass is 10.1. The standard InChI is InChI=1S/C25H18BrClN2O4S/c1-29-23(30)22(34-25(29)28-19-9-6-15(7-10-19)24(31)32)13-17-12-18(26)8-11-21(17)33-14-16-4-2-3-5-20(16)27/h2-13H,14H2,1H3,(H,31,32)/b22-13-,28-25?. The number of amides is 1. The van der Waals surface area contributed by atoms with Crippen molar-refractivity contribution in [1.82, 2.24) is 4.90 Å². The van der Waals surface area contributed by atoms with E-state index in [2.05, 4.69) is 20.9 Å². The van der Waals surface area contributed by atoms with Crippen LogP contribution < -0.4 is 4.74 Å². The number of likely N-dealkylation sites (N-methyl/N-ethyl adjacent to an activating group) is 1. The molecule has 0 atom stereocenters. The first-order valence-electron chi connectivity index (χ1n) is 10.1. The van der Waals surface area contributed by atoms with Crippen molar-refractivity contribution in [1.29, 1.82) is 0 Å². The summed E-state index contributed by atoms with van der Waals surface area (Å²) in [5.41, 5.74) is 2.32. The van der Waals surface area contributed by atoms with Crippen molar-refractivity contribution in [3.63, 3.8) is 0 Å². The van der Waals surface area contributed by atoms with E-state index in [1.165, 1.54) is 28.8 Å². The third-order valence-corrected chi connectivity index (χ3v) is 6.86. The number of halogens is 2. The molecule has 3 aromatic rings. The monoisotopic (exact) mass is 556 g/mol. The van der Waals surface area contributed by atoms with Gasteiger partial charge in [0.2, 0.25) is 0 Å². The van der Waals surface area contributed by atoms with Crippen LogP contribution in [0.3, 0.4) is 0 Å². The molecule has 0 radical (unpaired) electrons. The zero-order valence-corrected chi connectivity index (χ0v) is 21.0. The Kier molecular flexibility index (Phi) is 7.41. The molecule has 3 aromatic carbocycles. The van der Waals surface area contributed by atoms with Gasteiger partial charge in [-0.2, -0.15) is 0 Å². The minimum absolute atomic E-state index is 0.173. The molecule has 1 amide bonds. The number of ether oxygens (including phenoxy) is 1. The number of carboxylic acids is 1. The second-order valence-electron chi connectivity index (χ2n) is 7.28. The zero-order valence-electron chi connectivity index (χ0n) is 17.9. The predicted molar refractivity (Wildman–Crippen MR) is 139 cm³/mol. The molecule has 0 spiro atoms. The number of carboxylic acid groups (broad SMARTS) is 1. The molecule has 4 rings (SSSR count). The van der Waals surface area contributed by atoms with E-state index in [9.17, 15) is 9.59 Å². The number of thioether (sulfide) groups is 1. The van der Waals surface area contributed by atoms with Crippen molar-refractivity contribution in [2.75, 3.05) is 7.05 Å². The lowest BCUT2D eigenvalue weighted by Gasteiger charge is -2.11.